The molecule has 1 aromatic carbocycles. The van der Waals surface area contributed by atoms with Gasteiger partial charge in [-0.1, -0.05) is 33.8 Å². The molecule has 92 valence electrons. The normalized spacial score (nSPS) is 10.2. The largest absolute Gasteiger partial charge is 0.399 e. The van der Waals surface area contributed by atoms with Crippen molar-refractivity contribution in [3.63, 3.8) is 0 Å². The molecule has 0 spiro atoms. The second kappa shape index (κ2) is 7.29. The zero-order valence-corrected chi connectivity index (χ0v) is 11.4. The maximum Gasteiger partial charge on any atom is 0.0351 e. The van der Waals surface area contributed by atoms with Crippen molar-refractivity contribution in [1.82, 2.24) is 0 Å². The highest BCUT2D eigenvalue weighted by Crippen LogP contribution is 2.24. The van der Waals surface area contributed by atoms with Gasteiger partial charge >= 0.3 is 0 Å². The van der Waals surface area contributed by atoms with Crippen LogP contribution in [0.1, 0.15) is 50.7 Å². The van der Waals surface area contributed by atoms with Crippen molar-refractivity contribution in [2.75, 3.05) is 20.0 Å². The van der Waals surface area contributed by atoms with Crippen molar-refractivity contribution in [2.24, 2.45) is 0 Å². The lowest BCUT2D eigenvalue weighted by atomic mass is 9.95. The molecule has 0 saturated carbocycles. The van der Waals surface area contributed by atoms with Gasteiger partial charge in [-0.2, -0.15) is 0 Å². The zero-order valence-electron chi connectivity index (χ0n) is 11.4. The molecule has 0 radical (unpaired) electrons. The van der Waals surface area contributed by atoms with Crippen molar-refractivity contribution in [2.45, 2.75) is 39.5 Å². The second-order valence-corrected chi connectivity index (χ2v) is 4.65. The quantitative estimate of drug-likeness (QED) is 0.774. The first-order chi connectivity index (χ1) is 7.42. The Morgan fingerprint density at radius 1 is 0.875 bits per heavy atom. The van der Waals surface area contributed by atoms with Gasteiger partial charge in [0.2, 0.25) is 0 Å². The predicted octanol–water partition coefficient (Wildman–Crippen LogP) is 3.78. The van der Waals surface area contributed by atoms with E-state index in [9.17, 15) is 0 Å². The summed E-state index contributed by atoms with van der Waals surface area (Å²) >= 11 is 0. The van der Waals surface area contributed by atoms with Crippen molar-refractivity contribution in [3.8, 4) is 0 Å². The topological polar surface area (TPSA) is 35.2 Å². The summed E-state index contributed by atoms with van der Waals surface area (Å²) in [6.07, 6.45) is 0. The molecule has 1 aromatic rings. The van der Waals surface area contributed by atoms with Crippen LogP contribution in [0.4, 0.5) is 5.69 Å². The summed E-state index contributed by atoms with van der Waals surface area (Å²) in [5.41, 5.74) is 9.39. The van der Waals surface area contributed by atoms with Gasteiger partial charge < -0.3 is 10.5 Å². The van der Waals surface area contributed by atoms with E-state index < -0.39 is 0 Å². The molecule has 0 fully saturated rings. The molecule has 0 amide bonds. The van der Waals surface area contributed by atoms with E-state index in [1.807, 2.05) is 0 Å². The number of anilines is 1. The third-order valence-corrected chi connectivity index (χ3v) is 2.33. The molecule has 16 heavy (non-hydrogen) atoms. The maximum absolute atomic E-state index is 5.84. The molecule has 0 aliphatic rings. The van der Waals surface area contributed by atoms with Gasteiger partial charge in [0.05, 0.1) is 0 Å². The lowest BCUT2D eigenvalue weighted by Gasteiger charge is -2.12. The Morgan fingerprint density at radius 2 is 1.19 bits per heavy atom. The van der Waals surface area contributed by atoms with Crippen molar-refractivity contribution >= 4 is 5.69 Å². The minimum atomic E-state index is 0.556. The Hall–Kier alpha value is -1.02. The van der Waals surface area contributed by atoms with Gasteiger partial charge in [0.25, 0.3) is 0 Å². The number of hydrogen-bond acceptors (Lipinski definition) is 2. The first kappa shape index (κ1) is 15.0. The average molecular weight is 223 g/mol. The molecule has 0 aromatic heterocycles. The van der Waals surface area contributed by atoms with Crippen LogP contribution in [0.5, 0.6) is 0 Å². The summed E-state index contributed by atoms with van der Waals surface area (Å²) in [5, 5.41) is 0. The first-order valence-corrected chi connectivity index (χ1v) is 5.72. The van der Waals surface area contributed by atoms with Crippen molar-refractivity contribution in [1.29, 1.82) is 0 Å². The lowest BCUT2D eigenvalue weighted by Crippen LogP contribution is -1.96. The average Bonchev–Trinajstić information content (AvgIpc) is 2.17. The van der Waals surface area contributed by atoms with Crippen LogP contribution in [0.3, 0.4) is 0 Å². The van der Waals surface area contributed by atoms with E-state index in [4.69, 9.17) is 5.73 Å². The van der Waals surface area contributed by atoms with E-state index in [-0.39, 0.29) is 0 Å². The first-order valence-electron chi connectivity index (χ1n) is 5.72. The summed E-state index contributed by atoms with van der Waals surface area (Å²) in [6, 6.07) is 6.39. The van der Waals surface area contributed by atoms with Crippen LogP contribution in [-0.4, -0.2) is 14.2 Å². The second-order valence-electron chi connectivity index (χ2n) is 4.65. The van der Waals surface area contributed by atoms with Crippen LogP contribution in [-0.2, 0) is 4.74 Å². The SMILES string of the molecule is CC(C)c1cc(N)cc(C(C)C)c1.COC. The van der Waals surface area contributed by atoms with Crippen LogP contribution >= 0.6 is 0 Å². The lowest BCUT2D eigenvalue weighted by molar-refractivity contribution is 0.277. The van der Waals surface area contributed by atoms with E-state index in [2.05, 4.69) is 50.6 Å². The number of benzene rings is 1. The van der Waals surface area contributed by atoms with E-state index in [1.54, 1.807) is 14.2 Å². The smallest absolute Gasteiger partial charge is 0.0351 e. The van der Waals surface area contributed by atoms with Crippen LogP contribution in [0, 0.1) is 0 Å². The molecule has 0 saturated heterocycles. The summed E-state index contributed by atoms with van der Waals surface area (Å²) in [4.78, 5) is 0. The molecule has 0 heterocycles. The number of methoxy groups -OCH3 is 1. The third-order valence-electron chi connectivity index (χ3n) is 2.33. The van der Waals surface area contributed by atoms with Gasteiger partial charge in [0.15, 0.2) is 0 Å². The van der Waals surface area contributed by atoms with Gasteiger partial charge in [-0.15, -0.1) is 0 Å². The van der Waals surface area contributed by atoms with Gasteiger partial charge in [-0.3, -0.25) is 0 Å². The summed E-state index contributed by atoms with van der Waals surface area (Å²) in [5.74, 6) is 1.11. The van der Waals surface area contributed by atoms with Crippen LogP contribution < -0.4 is 5.73 Å². The number of nitrogens with two attached hydrogens (primary N) is 1. The molecule has 1 rings (SSSR count). The third kappa shape index (κ3) is 5.17. The van der Waals surface area contributed by atoms with Gasteiger partial charge in [0.1, 0.15) is 0 Å². The van der Waals surface area contributed by atoms with Crippen molar-refractivity contribution < 1.29 is 4.74 Å². The van der Waals surface area contributed by atoms with Gasteiger partial charge in [-0.05, 0) is 35.1 Å². The zero-order chi connectivity index (χ0) is 12.7. The molecular weight excluding hydrogens is 198 g/mol. The van der Waals surface area contributed by atoms with E-state index >= 15 is 0 Å². The fourth-order valence-corrected chi connectivity index (χ4v) is 1.37. The fourth-order valence-electron chi connectivity index (χ4n) is 1.37. The van der Waals surface area contributed by atoms with Crippen molar-refractivity contribution in [3.05, 3.63) is 29.3 Å². The number of hydrogen-bond donors (Lipinski definition) is 1. The highest BCUT2D eigenvalue weighted by molar-refractivity contribution is 5.46. The van der Waals surface area contributed by atoms with Crippen LogP contribution in [0.15, 0.2) is 18.2 Å². The molecular formula is C14H25NO. The van der Waals surface area contributed by atoms with E-state index in [0.29, 0.717) is 11.8 Å². The Morgan fingerprint density at radius 3 is 1.44 bits per heavy atom. The summed E-state index contributed by atoms with van der Waals surface area (Å²) in [6.45, 7) is 8.77. The summed E-state index contributed by atoms with van der Waals surface area (Å²) in [7, 11) is 3.25. The molecule has 2 heteroatoms. The predicted molar refractivity (Wildman–Crippen MR) is 72.0 cm³/mol. The molecule has 2 nitrogen and oxygen atoms in total. The molecule has 2 N–H and O–H groups in total. The van der Waals surface area contributed by atoms with E-state index in [1.165, 1.54) is 11.1 Å². The van der Waals surface area contributed by atoms with Crippen LogP contribution in [0.2, 0.25) is 0 Å². The van der Waals surface area contributed by atoms with Gasteiger partial charge in [-0.25, -0.2) is 0 Å². The monoisotopic (exact) mass is 223 g/mol. The maximum atomic E-state index is 5.84. The summed E-state index contributed by atoms with van der Waals surface area (Å²) < 4.78 is 4.25. The van der Waals surface area contributed by atoms with Crippen LogP contribution in [0.25, 0.3) is 0 Å². The Kier molecular flexibility index (Phi) is 6.82. The number of ether oxygens (including phenoxy) is 1. The highest BCUT2D eigenvalue weighted by atomic mass is 16.4. The highest BCUT2D eigenvalue weighted by Gasteiger charge is 2.05. The van der Waals surface area contributed by atoms with Gasteiger partial charge in [0, 0.05) is 19.9 Å². The molecule has 0 aliphatic carbocycles. The number of nitrogen functional groups attached to an aromatic ring is 1. The number of rotatable bonds is 2. The fraction of sp³-hybridized carbons (Fsp3) is 0.571. The molecule has 0 unspecified atom stereocenters. The minimum Gasteiger partial charge on any atom is -0.399 e. The Balaban J connectivity index is 0.000000673. The van der Waals surface area contributed by atoms with E-state index in [0.717, 1.165) is 5.69 Å². The Labute approximate surface area is 99.8 Å². The molecule has 0 aliphatic heterocycles. The molecule has 0 atom stereocenters. The Bertz CT molecular complexity index is 279. The molecule has 0 bridgehead atoms. The minimum absolute atomic E-state index is 0.556. The standard InChI is InChI=1S/C12H19N.C2H6O/c1-8(2)10-5-11(9(3)4)7-12(13)6-10;1-3-2/h5-9H,13H2,1-4H3;1-2H3.